The normalized spacial score (nSPS) is 10.5. The number of hydrogen-bond donors (Lipinski definition) is 1. The first-order valence-corrected chi connectivity index (χ1v) is 5.29. The fourth-order valence-electron chi connectivity index (χ4n) is 1.56. The Balaban J connectivity index is 2.74. The van der Waals surface area contributed by atoms with Crippen molar-refractivity contribution in [2.24, 2.45) is 5.73 Å². The number of hydrogen-bond acceptors (Lipinski definition) is 3. The maximum absolute atomic E-state index is 5.56. The molecule has 1 heterocycles. The van der Waals surface area contributed by atoms with Crippen molar-refractivity contribution in [2.45, 2.75) is 26.8 Å². The molecule has 1 rings (SSSR count). The molecule has 14 heavy (non-hydrogen) atoms. The van der Waals surface area contributed by atoms with Crippen LogP contribution in [0.2, 0.25) is 0 Å². The summed E-state index contributed by atoms with van der Waals surface area (Å²) in [5.74, 6) is 1.04. The lowest BCUT2D eigenvalue weighted by Gasteiger charge is -2.21. The number of anilines is 1. The van der Waals surface area contributed by atoms with E-state index >= 15 is 0 Å². The Labute approximate surface area is 85.7 Å². The van der Waals surface area contributed by atoms with Gasteiger partial charge in [0, 0.05) is 38.6 Å². The molecule has 0 saturated carbocycles. The second-order valence-corrected chi connectivity index (χ2v) is 3.29. The predicted octanol–water partition coefficient (Wildman–Crippen LogP) is 1.08. The summed E-state index contributed by atoms with van der Waals surface area (Å²) in [5, 5.41) is 0. The van der Waals surface area contributed by atoms with E-state index in [2.05, 4.69) is 28.3 Å². The highest BCUT2D eigenvalue weighted by Gasteiger charge is 2.08. The van der Waals surface area contributed by atoms with Gasteiger partial charge in [0.05, 0.1) is 0 Å². The number of rotatable bonds is 6. The number of nitrogens with two attached hydrogens (primary N) is 1. The minimum absolute atomic E-state index is 0.673. The van der Waals surface area contributed by atoms with Crippen LogP contribution in [0.1, 0.15) is 20.3 Å². The number of likely N-dealkylation sites (N-methyl/N-ethyl adjacent to an activating group) is 1. The second-order valence-electron chi connectivity index (χ2n) is 3.29. The molecule has 0 spiro atoms. The van der Waals surface area contributed by atoms with Crippen LogP contribution in [0.5, 0.6) is 0 Å². The summed E-state index contributed by atoms with van der Waals surface area (Å²) < 4.78 is 2.18. The number of aryl methyl sites for hydroxylation is 1. The lowest BCUT2D eigenvalue weighted by molar-refractivity contribution is 0.651. The third-order valence-electron chi connectivity index (χ3n) is 2.22. The molecule has 2 N–H and O–H groups in total. The summed E-state index contributed by atoms with van der Waals surface area (Å²) in [5.41, 5.74) is 5.56. The SMILES string of the molecule is CCCn1ccnc1N(CC)CCN. The van der Waals surface area contributed by atoms with Gasteiger partial charge in [0.1, 0.15) is 0 Å². The standard InChI is InChI=1S/C10H20N4/c1-3-7-14-9-6-12-10(14)13(4-2)8-5-11/h6,9H,3-5,7-8,11H2,1-2H3. The van der Waals surface area contributed by atoms with Crippen LogP contribution in [0.3, 0.4) is 0 Å². The molecule has 0 unspecified atom stereocenters. The van der Waals surface area contributed by atoms with E-state index in [9.17, 15) is 0 Å². The monoisotopic (exact) mass is 196 g/mol. The van der Waals surface area contributed by atoms with Gasteiger partial charge in [0.2, 0.25) is 5.95 Å². The van der Waals surface area contributed by atoms with Crippen molar-refractivity contribution in [1.82, 2.24) is 9.55 Å². The summed E-state index contributed by atoms with van der Waals surface area (Å²) in [7, 11) is 0. The molecule has 0 aliphatic carbocycles. The molecule has 0 fully saturated rings. The zero-order chi connectivity index (χ0) is 10.4. The van der Waals surface area contributed by atoms with Gasteiger partial charge in [0.15, 0.2) is 0 Å². The van der Waals surface area contributed by atoms with Crippen molar-refractivity contribution >= 4 is 5.95 Å². The summed E-state index contributed by atoms with van der Waals surface area (Å²) in [6, 6.07) is 0. The molecule has 0 radical (unpaired) electrons. The van der Waals surface area contributed by atoms with E-state index in [0.717, 1.165) is 32.0 Å². The molecule has 1 aromatic rings. The maximum atomic E-state index is 5.56. The molecule has 0 aromatic carbocycles. The van der Waals surface area contributed by atoms with Crippen molar-refractivity contribution < 1.29 is 0 Å². The summed E-state index contributed by atoms with van der Waals surface area (Å²) in [6.45, 7) is 7.82. The van der Waals surface area contributed by atoms with Crippen LogP contribution in [-0.4, -0.2) is 29.2 Å². The minimum atomic E-state index is 0.673. The van der Waals surface area contributed by atoms with E-state index in [1.807, 2.05) is 12.4 Å². The average Bonchev–Trinajstić information content (AvgIpc) is 2.63. The summed E-state index contributed by atoms with van der Waals surface area (Å²) >= 11 is 0. The highest BCUT2D eigenvalue weighted by molar-refractivity contribution is 5.30. The summed E-state index contributed by atoms with van der Waals surface area (Å²) in [6.07, 6.45) is 5.01. The predicted molar refractivity (Wildman–Crippen MR) is 59.5 cm³/mol. The first-order valence-electron chi connectivity index (χ1n) is 5.29. The van der Waals surface area contributed by atoms with Crippen molar-refractivity contribution in [3.8, 4) is 0 Å². The third-order valence-corrected chi connectivity index (χ3v) is 2.22. The molecule has 1 aromatic heterocycles. The van der Waals surface area contributed by atoms with E-state index in [0.29, 0.717) is 6.54 Å². The van der Waals surface area contributed by atoms with Crippen molar-refractivity contribution in [1.29, 1.82) is 0 Å². The molecule has 0 saturated heterocycles. The molecule has 0 bridgehead atoms. The Hall–Kier alpha value is -1.03. The quantitative estimate of drug-likeness (QED) is 0.740. The van der Waals surface area contributed by atoms with Crippen LogP contribution in [0, 0.1) is 0 Å². The van der Waals surface area contributed by atoms with E-state index < -0.39 is 0 Å². The topological polar surface area (TPSA) is 47.1 Å². The van der Waals surface area contributed by atoms with Gasteiger partial charge in [-0.05, 0) is 13.3 Å². The molecule has 0 amide bonds. The largest absolute Gasteiger partial charge is 0.341 e. The number of nitrogens with zero attached hydrogens (tertiary/aromatic N) is 3. The molecule has 0 aliphatic heterocycles. The van der Waals surface area contributed by atoms with E-state index in [4.69, 9.17) is 5.73 Å². The molecule has 80 valence electrons. The van der Waals surface area contributed by atoms with Gasteiger partial charge in [0.25, 0.3) is 0 Å². The van der Waals surface area contributed by atoms with Gasteiger partial charge < -0.3 is 15.2 Å². The maximum Gasteiger partial charge on any atom is 0.205 e. The van der Waals surface area contributed by atoms with Crippen molar-refractivity contribution in [3.05, 3.63) is 12.4 Å². The van der Waals surface area contributed by atoms with E-state index in [1.54, 1.807) is 0 Å². The fourth-order valence-corrected chi connectivity index (χ4v) is 1.56. The van der Waals surface area contributed by atoms with Gasteiger partial charge in [-0.2, -0.15) is 0 Å². The lowest BCUT2D eigenvalue weighted by atomic mass is 10.4. The van der Waals surface area contributed by atoms with Gasteiger partial charge in [-0.15, -0.1) is 0 Å². The number of aromatic nitrogens is 2. The Morgan fingerprint density at radius 2 is 2.29 bits per heavy atom. The van der Waals surface area contributed by atoms with Crippen molar-refractivity contribution in [2.75, 3.05) is 24.5 Å². The smallest absolute Gasteiger partial charge is 0.205 e. The first-order chi connectivity index (χ1) is 6.83. The highest BCUT2D eigenvalue weighted by atomic mass is 15.3. The summed E-state index contributed by atoms with van der Waals surface area (Å²) in [4.78, 5) is 6.56. The van der Waals surface area contributed by atoms with Crippen LogP contribution in [-0.2, 0) is 6.54 Å². The van der Waals surface area contributed by atoms with Gasteiger partial charge in [-0.1, -0.05) is 6.92 Å². The average molecular weight is 196 g/mol. The fraction of sp³-hybridized carbons (Fsp3) is 0.700. The molecular formula is C10H20N4. The molecule has 0 atom stereocenters. The Morgan fingerprint density at radius 3 is 2.86 bits per heavy atom. The van der Waals surface area contributed by atoms with Gasteiger partial charge in [-0.25, -0.2) is 4.98 Å². The zero-order valence-corrected chi connectivity index (χ0v) is 9.11. The molecular weight excluding hydrogens is 176 g/mol. The van der Waals surface area contributed by atoms with E-state index in [1.165, 1.54) is 0 Å². The minimum Gasteiger partial charge on any atom is -0.341 e. The van der Waals surface area contributed by atoms with Crippen LogP contribution in [0.15, 0.2) is 12.4 Å². The molecule has 4 nitrogen and oxygen atoms in total. The van der Waals surface area contributed by atoms with Gasteiger partial charge in [-0.3, -0.25) is 0 Å². The Bertz CT molecular complexity index is 256. The number of imidazole rings is 1. The van der Waals surface area contributed by atoms with Crippen molar-refractivity contribution in [3.63, 3.8) is 0 Å². The highest BCUT2D eigenvalue weighted by Crippen LogP contribution is 2.11. The Morgan fingerprint density at radius 1 is 1.50 bits per heavy atom. The Kier molecular flexibility index (Phi) is 4.46. The molecule has 4 heteroatoms. The van der Waals surface area contributed by atoms with Gasteiger partial charge >= 0.3 is 0 Å². The first kappa shape index (κ1) is 11.0. The van der Waals surface area contributed by atoms with Crippen LogP contribution in [0.4, 0.5) is 5.95 Å². The van der Waals surface area contributed by atoms with Crippen LogP contribution in [0.25, 0.3) is 0 Å². The lowest BCUT2D eigenvalue weighted by Crippen LogP contribution is -2.31. The third kappa shape index (κ3) is 2.48. The van der Waals surface area contributed by atoms with E-state index in [-0.39, 0.29) is 0 Å². The molecule has 0 aliphatic rings. The second kappa shape index (κ2) is 5.65. The zero-order valence-electron chi connectivity index (χ0n) is 9.11. The van der Waals surface area contributed by atoms with Crippen LogP contribution >= 0.6 is 0 Å². The van der Waals surface area contributed by atoms with Crippen LogP contribution < -0.4 is 10.6 Å².